The van der Waals surface area contributed by atoms with Crippen molar-refractivity contribution in [1.29, 1.82) is 0 Å². The minimum atomic E-state index is 0.501. The predicted molar refractivity (Wildman–Crippen MR) is 66.8 cm³/mol. The zero-order valence-corrected chi connectivity index (χ0v) is 10.0. The average molecular weight is 283 g/mol. The third-order valence-electron chi connectivity index (χ3n) is 1.96. The Morgan fingerprint density at radius 1 is 1.53 bits per heavy atom. The van der Waals surface area contributed by atoms with Gasteiger partial charge in [-0.05, 0) is 28.1 Å². The lowest BCUT2D eigenvalue weighted by Gasteiger charge is -1.99. The van der Waals surface area contributed by atoms with Crippen molar-refractivity contribution in [1.82, 2.24) is 4.98 Å². The molecule has 0 spiro atoms. The zero-order valence-electron chi connectivity index (χ0n) is 7.61. The first-order chi connectivity index (χ1) is 7.24. The van der Waals surface area contributed by atoms with Crippen LogP contribution in [0.4, 0.5) is 5.82 Å². The number of hydrogen-bond donors (Lipinski definition) is 1. The summed E-state index contributed by atoms with van der Waals surface area (Å²) in [7, 11) is 0. The van der Waals surface area contributed by atoms with Gasteiger partial charge < -0.3 is 5.73 Å². The number of aromatic nitrogens is 1. The van der Waals surface area contributed by atoms with Crippen LogP contribution in [0.3, 0.4) is 0 Å². The molecule has 0 saturated heterocycles. The van der Waals surface area contributed by atoms with Gasteiger partial charge in [0.05, 0.1) is 0 Å². The van der Waals surface area contributed by atoms with E-state index in [1.807, 2.05) is 5.38 Å². The minimum absolute atomic E-state index is 0.501. The van der Waals surface area contributed by atoms with E-state index < -0.39 is 0 Å². The minimum Gasteiger partial charge on any atom is -0.383 e. The number of anilines is 1. The van der Waals surface area contributed by atoms with Crippen LogP contribution in [0.15, 0.2) is 22.1 Å². The molecule has 2 aromatic heterocycles. The third-order valence-corrected chi connectivity index (χ3v) is 3.92. The lowest BCUT2D eigenvalue weighted by Crippen LogP contribution is -1.91. The van der Waals surface area contributed by atoms with E-state index in [1.165, 1.54) is 6.08 Å². The summed E-state index contributed by atoms with van der Waals surface area (Å²) in [5, 5.41) is 2.87. The molecule has 2 rings (SSSR count). The first-order valence-electron chi connectivity index (χ1n) is 4.17. The van der Waals surface area contributed by atoms with Gasteiger partial charge in [0.2, 0.25) is 0 Å². The van der Waals surface area contributed by atoms with Gasteiger partial charge in [0.25, 0.3) is 0 Å². The first-order valence-corrected chi connectivity index (χ1v) is 5.84. The van der Waals surface area contributed by atoms with Gasteiger partial charge >= 0.3 is 0 Å². The molecule has 0 aromatic carbocycles. The molecule has 0 aliphatic heterocycles. The number of aldehydes is 1. The van der Waals surface area contributed by atoms with Gasteiger partial charge in [0.15, 0.2) is 0 Å². The topological polar surface area (TPSA) is 56.0 Å². The predicted octanol–water partition coefficient (Wildman–Crippen LogP) is 2.85. The van der Waals surface area contributed by atoms with E-state index in [1.54, 1.807) is 23.6 Å². The van der Waals surface area contributed by atoms with Gasteiger partial charge in [-0.25, -0.2) is 4.98 Å². The van der Waals surface area contributed by atoms with Crippen LogP contribution in [0.5, 0.6) is 0 Å². The molecule has 15 heavy (non-hydrogen) atoms. The lowest BCUT2D eigenvalue weighted by atomic mass is 10.2. The molecule has 2 aromatic rings. The van der Waals surface area contributed by atoms with Gasteiger partial charge in [-0.3, -0.25) is 4.79 Å². The van der Waals surface area contributed by atoms with Crippen LogP contribution in [0, 0.1) is 0 Å². The molecular formula is C10H7BrN2OS. The van der Waals surface area contributed by atoms with Crippen LogP contribution in [-0.2, 0) is 4.79 Å². The van der Waals surface area contributed by atoms with Gasteiger partial charge in [0, 0.05) is 31.7 Å². The summed E-state index contributed by atoms with van der Waals surface area (Å²) in [4.78, 5) is 14.3. The van der Waals surface area contributed by atoms with Crippen LogP contribution in [0.2, 0.25) is 0 Å². The smallest absolute Gasteiger partial charge is 0.142 e. The molecule has 0 atom stereocenters. The average Bonchev–Trinajstić information content (AvgIpc) is 2.61. The molecule has 0 aliphatic rings. The Morgan fingerprint density at radius 3 is 3.07 bits per heavy atom. The number of nitrogens with two attached hydrogens (primary N) is 1. The maximum atomic E-state index is 10.2. The highest BCUT2D eigenvalue weighted by Gasteiger charge is 2.08. The molecule has 2 N–H and O–H groups in total. The molecule has 3 nitrogen and oxygen atoms in total. The maximum Gasteiger partial charge on any atom is 0.142 e. The molecular weight excluding hydrogens is 276 g/mol. The number of pyridine rings is 1. The van der Waals surface area contributed by atoms with Crippen LogP contribution in [0.25, 0.3) is 16.2 Å². The zero-order chi connectivity index (χ0) is 10.8. The second kappa shape index (κ2) is 4.12. The van der Waals surface area contributed by atoms with Gasteiger partial charge in [-0.15, -0.1) is 11.3 Å². The van der Waals surface area contributed by atoms with E-state index in [2.05, 4.69) is 20.9 Å². The summed E-state index contributed by atoms with van der Waals surface area (Å²) in [5.74, 6) is 0.501. The molecule has 0 radical (unpaired) electrons. The Morgan fingerprint density at radius 2 is 2.33 bits per heavy atom. The summed E-state index contributed by atoms with van der Waals surface area (Å²) in [6.07, 6.45) is 5.58. The number of carbonyl (C=O) groups excluding carboxylic acids is 1. The van der Waals surface area contributed by atoms with Crippen molar-refractivity contribution in [2.75, 3.05) is 5.73 Å². The van der Waals surface area contributed by atoms with Crippen molar-refractivity contribution < 1.29 is 4.79 Å². The van der Waals surface area contributed by atoms with Crippen LogP contribution in [-0.4, -0.2) is 11.3 Å². The van der Waals surface area contributed by atoms with E-state index in [0.29, 0.717) is 5.82 Å². The van der Waals surface area contributed by atoms with Crippen LogP contribution < -0.4 is 5.73 Å². The van der Waals surface area contributed by atoms with Crippen molar-refractivity contribution in [3.8, 4) is 0 Å². The fourth-order valence-corrected chi connectivity index (χ4v) is 3.05. The van der Waals surface area contributed by atoms with E-state index >= 15 is 0 Å². The van der Waals surface area contributed by atoms with Crippen molar-refractivity contribution in [3.63, 3.8) is 0 Å². The van der Waals surface area contributed by atoms with E-state index in [0.717, 1.165) is 26.4 Å². The molecule has 0 fully saturated rings. The van der Waals surface area contributed by atoms with E-state index in [4.69, 9.17) is 5.73 Å². The number of fused-ring (bicyclic) bond motifs is 1. The normalized spacial score (nSPS) is 11.3. The van der Waals surface area contributed by atoms with Crippen molar-refractivity contribution in [2.45, 2.75) is 0 Å². The molecule has 0 amide bonds. The number of hydrogen-bond acceptors (Lipinski definition) is 4. The number of thiophene rings is 1. The summed E-state index contributed by atoms with van der Waals surface area (Å²) >= 11 is 4.99. The molecule has 0 aliphatic carbocycles. The number of allylic oxidation sites excluding steroid dienone is 1. The Balaban J connectivity index is 2.72. The Bertz CT molecular complexity index is 548. The Kier molecular flexibility index (Phi) is 2.83. The number of nitrogen functional groups attached to an aromatic ring is 1. The number of halogens is 1. The Hall–Kier alpha value is -1.20. The standard InChI is InChI=1S/C10H7BrN2OS/c11-7-5-15-9-6(2-1-3-14)4-13-10(12)8(7)9/h1-5H,(H2,12,13)/b2-1+. The van der Waals surface area contributed by atoms with Crippen molar-refractivity contribution in [3.05, 3.63) is 27.7 Å². The van der Waals surface area contributed by atoms with Gasteiger partial charge in [0.1, 0.15) is 12.1 Å². The molecule has 0 unspecified atom stereocenters. The second-order valence-corrected chi connectivity index (χ2v) is 4.62. The fraction of sp³-hybridized carbons (Fsp3) is 0. The SMILES string of the molecule is Nc1ncc(/C=C/C=O)c2scc(Br)c12. The number of nitrogens with zero attached hydrogens (tertiary/aromatic N) is 1. The molecule has 5 heteroatoms. The molecule has 0 saturated carbocycles. The molecule has 76 valence electrons. The molecule has 0 bridgehead atoms. The monoisotopic (exact) mass is 282 g/mol. The summed E-state index contributed by atoms with van der Waals surface area (Å²) in [6.45, 7) is 0. The van der Waals surface area contributed by atoms with Gasteiger partial charge in [-0.1, -0.05) is 0 Å². The quantitative estimate of drug-likeness (QED) is 0.681. The first kappa shape index (κ1) is 10.3. The maximum absolute atomic E-state index is 10.2. The van der Waals surface area contributed by atoms with Gasteiger partial charge in [-0.2, -0.15) is 0 Å². The fourth-order valence-electron chi connectivity index (χ4n) is 1.31. The second-order valence-electron chi connectivity index (χ2n) is 2.88. The van der Waals surface area contributed by atoms with Crippen LogP contribution in [0.1, 0.15) is 5.56 Å². The largest absolute Gasteiger partial charge is 0.383 e. The summed E-state index contributed by atoms with van der Waals surface area (Å²) in [5.41, 5.74) is 6.68. The molecule has 2 heterocycles. The van der Waals surface area contributed by atoms with Crippen molar-refractivity contribution >= 4 is 55.5 Å². The lowest BCUT2D eigenvalue weighted by molar-refractivity contribution is -0.104. The van der Waals surface area contributed by atoms with E-state index in [9.17, 15) is 4.79 Å². The Labute approximate surface area is 98.7 Å². The third kappa shape index (κ3) is 1.80. The summed E-state index contributed by atoms with van der Waals surface area (Å²) in [6, 6.07) is 0. The number of carbonyl (C=O) groups is 1. The highest BCUT2D eigenvalue weighted by atomic mass is 79.9. The highest BCUT2D eigenvalue weighted by Crippen LogP contribution is 2.35. The highest BCUT2D eigenvalue weighted by molar-refractivity contribution is 9.10. The van der Waals surface area contributed by atoms with Crippen molar-refractivity contribution in [2.24, 2.45) is 0 Å². The van der Waals surface area contributed by atoms with Crippen LogP contribution >= 0.6 is 27.3 Å². The summed E-state index contributed by atoms with van der Waals surface area (Å²) < 4.78 is 1.97. The number of rotatable bonds is 2. The van der Waals surface area contributed by atoms with E-state index in [-0.39, 0.29) is 0 Å².